The monoisotopic (exact) mass is 336 g/mol. The molecule has 0 aliphatic carbocycles. The number of nitrogens with one attached hydrogen (secondary N) is 2. The summed E-state index contributed by atoms with van der Waals surface area (Å²) in [6.07, 6.45) is 1.46. The van der Waals surface area contributed by atoms with Crippen molar-refractivity contribution in [3.05, 3.63) is 29.6 Å². The average molecular weight is 336 g/mol. The Morgan fingerprint density at radius 2 is 2.00 bits per heavy atom. The van der Waals surface area contributed by atoms with Gasteiger partial charge in [0.1, 0.15) is 5.69 Å². The topological polar surface area (TPSA) is 92.8 Å². The molecular weight excluding hydrogens is 312 g/mol. The van der Waals surface area contributed by atoms with Crippen molar-refractivity contribution in [2.45, 2.75) is 0 Å². The summed E-state index contributed by atoms with van der Waals surface area (Å²) in [6.45, 7) is 5.38. The molecule has 0 bridgehead atoms. The largest absolute Gasteiger partial charge is 0.383 e. The van der Waals surface area contributed by atoms with Crippen molar-refractivity contribution in [3.8, 4) is 0 Å². The van der Waals surface area contributed by atoms with E-state index in [0.29, 0.717) is 25.3 Å². The highest BCUT2D eigenvalue weighted by molar-refractivity contribution is 5.98. The summed E-state index contributed by atoms with van der Waals surface area (Å²) >= 11 is 0. The minimum absolute atomic E-state index is 0.233. The van der Waals surface area contributed by atoms with Gasteiger partial charge in [-0.3, -0.25) is 19.5 Å². The lowest BCUT2D eigenvalue weighted by atomic mass is 10.2. The zero-order valence-electron chi connectivity index (χ0n) is 13.9. The molecule has 1 aromatic rings. The summed E-state index contributed by atoms with van der Waals surface area (Å²) in [5, 5.41) is 5.54. The predicted molar refractivity (Wildman–Crippen MR) is 88.0 cm³/mol. The first kappa shape index (κ1) is 18.3. The molecule has 1 aromatic heterocycles. The van der Waals surface area contributed by atoms with Gasteiger partial charge < -0.3 is 20.1 Å². The molecule has 0 saturated carbocycles. The Morgan fingerprint density at radius 3 is 2.75 bits per heavy atom. The number of carbonyl (C=O) groups is 2. The Labute approximate surface area is 141 Å². The van der Waals surface area contributed by atoms with Gasteiger partial charge in [0.25, 0.3) is 11.8 Å². The molecule has 1 saturated heterocycles. The van der Waals surface area contributed by atoms with Crippen molar-refractivity contribution in [1.82, 2.24) is 20.5 Å². The standard InChI is InChI=1S/C16H24N4O4/c1-23-9-5-19-15(21)13-2-3-17-14(12-13)16(22)18-4-6-20-7-10-24-11-8-20/h2-3,12H,4-11H2,1H3,(H,18,22)(H,19,21). The minimum atomic E-state index is -0.283. The van der Waals surface area contributed by atoms with E-state index in [1.54, 1.807) is 13.2 Å². The highest BCUT2D eigenvalue weighted by atomic mass is 16.5. The highest BCUT2D eigenvalue weighted by Gasteiger charge is 2.13. The smallest absolute Gasteiger partial charge is 0.269 e. The van der Waals surface area contributed by atoms with Gasteiger partial charge in [0.2, 0.25) is 0 Å². The van der Waals surface area contributed by atoms with E-state index in [2.05, 4.69) is 20.5 Å². The van der Waals surface area contributed by atoms with Crippen LogP contribution in [0.4, 0.5) is 0 Å². The summed E-state index contributed by atoms with van der Waals surface area (Å²) < 4.78 is 10.2. The van der Waals surface area contributed by atoms with E-state index < -0.39 is 0 Å². The molecule has 1 fully saturated rings. The van der Waals surface area contributed by atoms with Gasteiger partial charge >= 0.3 is 0 Å². The van der Waals surface area contributed by atoms with Crippen LogP contribution in [0, 0.1) is 0 Å². The van der Waals surface area contributed by atoms with Crippen molar-refractivity contribution >= 4 is 11.8 Å². The first-order chi connectivity index (χ1) is 11.7. The van der Waals surface area contributed by atoms with Gasteiger partial charge in [-0.05, 0) is 12.1 Å². The van der Waals surface area contributed by atoms with E-state index in [9.17, 15) is 9.59 Å². The van der Waals surface area contributed by atoms with Gasteiger partial charge in [-0.25, -0.2) is 0 Å². The maximum atomic E-state index is 12.2. The van der Waals surface area contributed by atoms with Crippen LogP contribution < -0.4 is 10.6 Å². The van der Waals surface area contributed by atoms with Crippen molar-refractivity contribution in [2.24, 2.45) is 0 Å². The molecule has 8 nitrogen and oxygen atoms in total. The van der Waals surface area contributed by atoms with Crippen LogP contribution in [-0.4, -0.2) is 81.4 Å². The summed E-state index contributed by atoms with van der Waals surface area (Å²) in [5.41, 5.74) is 0.635. The summed E-state index contributed by atoms with van der Waals surface area (Å²) in [4.78, 5) is 30.4. The van der Waals surface area contributed by atoms with Gasteiger partial charge in [-0.2, -0.15) is 0 Å². The molecule has 2 amide bonds. The molecule has 0 atom stereocenters. The minimum Gasteiger partial charge on any atom is -0.383 e. The first-order valence-electron chi connectivity index (χ1n) is 8.02. The van der Waals surface area contributed by atoms with E-state index in [-0.39, 0.29) is 17.5 Å². The number of carbonyl (C=O) groups excluding carboxylic acids is 2. The van der Waals surface area contributed by atoms with E-state index in [1.807, 2.05) is 0 Å². The second-order valence-corrected chi connectivity index (χ2v) is 5.39. The number of hydrogen-bond acceptors (Lipinski definition) is 6. The van der Waals surface area contributed by atoms with Crippen molar-refractivity contribution in [2.75, 3.05) is 59.7 Å². The molecule has 0 aromatic carbocycles. The van der Waals surface area contributed by atoms with E-state index in [1.165, 1.54) is 12.3 Å². The Balaban J connectivity index is 1.80. The number of aromatic nitrogens is 1. The van der Waals surface area contributed by atoms with Crippen LogP contribution in [0.3, 0.4) is 0 Å². The van der Waals surface area contributed by atoms with Crippen molar-refractivity contribution in [1.29, 1.82) is 0 Å². The molecule has 2 rings (SSSR count). The number of morpholine rings is 1. The van der Waals surface area contributed by atoms with Crippen LogP contribution in [0.2, 0.25) is 0 Å². The third-order valence-corrected chi connectivity index (χ3v) is 3.66. The number of hydrogen-bond donors (Lipinski definition) is 2. The SMILES string of the molecule is COCCNC(=O)c1ccnc(C(=O)NCCN2CCOCC2)c1. The number of nitrogens with zero attached hydrogens (tertiary/aromatic N) is 2. The zero-order valence-corrected chi connectivity index (χ0v) is 13.9. The Kier molecular flexibility index (Phi) is 7.60. The Morgan fingerprint density at radius 1 is 1.25 bits per heavy atom. The van der Waals surface area contributed by atoms with E-state index >= 15 is 0 Å². The van der Waals surface area contributed by atoms with Gasteiger partial charge in [0.05, 0.1) is 19.8 Å². The normalized spacial score (nSPS) is 15.0. The van der Waals surface area contributed by atoms with E-state index in [4.69, 9.17) is 9.47 Å². The number of rotatable bonds is 8. The molecule has 0 radical (unpaired) electrons. The number of amides is 2. The maximum Gasteiger partial charge on any atom is 0.269 e. The molecule has 1 aliphatic rings. The van der Waals surface area contributed by atoms with E-state index in [0.717, 1.165) is 32.8 Å². The number of ether oxygens (including phenoxy) is 2. The molecular formula is C16H24N4O4. The third kappa shape index (κ3) is 5.88. The Hall–Kier alpha value is -2.03. The van der Waals surface area contributed by atoms with Crippen LogP contribution in [0.25, 0.3) is 0 Å². The fourth-order valence-corrected chi connectivity index (χ4v) is 2.31. The van der Waals surface area contributed by atoms with Gasteiger partial charge in [0, 0.05) is 51.6 Å². The van der Waals surface area contributed by atoms with Gasteiger partial charge in [-0.15, -0.1) is 0 Å². The lowest BCUT2D eigenvalue weighted by Crippen LogP contribution is -2.41. The third-order valence-electron chi connectivity index (χ3n) is 3.66. The number of pyridine rings is 1. The molecule has 2 N–H and O–H groups in total. The molecule has 24 heavy (non-hydrogen) atoms. The lowest BCUT2D eigenvalue weighted by Gasteiger charge is -2.26. The summed E-state index contributed by atoms with van der Waals surface area (Å²) in [6, 6.07) is 3.07. The lowest BCUT2D eigenvalue weighted by molar-refractivity contribution is 0.0383. The quantitative estimate of drug-likeness (QED) is 0.623. The van der Waals surface area contributed by atoms with Crippen molar-refractivity contribution in [3.63, 3.8) is 0 Å². The van der Waals surface area contributed by atoms with Gasteiger partial charge in [0.15, 0.2) is 0 Å². The summed E-state index contributed by atoms with van der Waals surface area (Å²) in [7, 11) is 1.57. The zero-order chi connectivity index (χ0) is 17.2. The molecule has 8 heteroatoms. The first-order valence-corrected chi connectivity index (χ1v) is 8.02. The second-order valence-electron chi connectivity index (χ2n) is 5.39. The molecule has 0 unspecified atom stereocenters. The van der Waals surface area contributed by atoms with Crippen LogP contribution in [-0.2, 0) is 9.47 Å². The Bertz CT molecular complexity index is 547. The van der Waals surface area contributed by atoms with Crippen LogP contribution in [0.5, 0.6) is 0 Å². The molecule has 1 aliphatic heterocycles. The number of methoxy groups -OCH3 is 1. The fraction of sp³-hybridized carbons (Fsp3) is 0.562. The van der Waals surface area contributed by atoms with Crippen molar-refractivity contribution < 1.29 is 19.1 Å². The second kappa shape index (κ2) is 9.96. The molecule has 0 spiro atoms. The van der Waals surface area contributed by atoms with Crippen LogP contribution in [0.1, 0.15) is 20.8 Å². The molecule has 132 valence electrons. The maximum absolute atomic E-state index is 12.2. The van der Waals surface area contributed by atoms with Crippen LogP contribution >= 0.6 is 0 Å². The molecule has 2 heterocycles. The van der Waals surface area contributed by atoms with Crippen LogP contribution in [0.15, 0.2) is 18.3 Å². The predicted octanol–water partition coefficient (Wildman–Crippen LogP) is -0.480. The highest BCUT2D eigenvalue weighted by Crippen LogP contribution is 2.02. The fourth-order valence-electron chi connectivity index (χ4n) is 2.31. The summed E-state index contributed by atoms with van der Waals surface area (Å²) in [5.74, 6) is -0.536. The van der Waals surface area contributed by atoms with Gasteiger partial charge in [-0.1, -0.05) is 0 Å². The average Bonchev–Trinajstić information content (AvgIpc) is 2.63.